The van der Waals surface area contributed by atoms with E-state index in [4.69, 9.17) is 9.26 Å². The molecule has 1 saturated carbocycles. The van der Waals surface area contributed by atoms with Crippen LogP contribution in [-0.2, 0) is 0 Å². The van der Waals surface area contributed by atoms with E-state index >= 15 is 0 Å². The number of hydrogen-bond donors (Lipinski definition) is 1. The minimum atomic E-state index is -0.304. The van der Waals surface area contributed by atoms with Crippen LogP contribution in [0.25, 0.3) is 5.82 Å². The van der Waals surface area contributed by atoms with Crippen LogP contribution in [0, 0.1) is 0 Å². The smallest absolute Gasteiger partial charge is 0.277 e. The summed E-state index contributed by atoms with van der Waals surface area (Å²) in [5, 5.41) is 6.65. The molecule has 0 atom stereocenters. The van der Waals surface area contributed by atoms with E-state index in [1.807, 2.05) is 29.1 Å². The van der Waals surface area contributed by atoms with Gasteiger partial charge in [-0.15, -0.1) is 0 Å². The van der Waals surface area contributed by atoms with Crippen molar-refractivity contribution in [1.82, 2.24) is 19.7 Å². The summed E-state index contributed by atoms with van der Waals surface area (Å²) >= 11 is 0. The summed E-state index contributed by atoms with van der Waals surface area (Å²) in [4.78, 5) is 20.7. The zero-order valence-electron chi connectivity index (χ0n) is 15.4. The molecule has 0 aliphatic heterocycles. The van der Waals surface area contributed by atoms with Gasteiger partial charge in [0.25, 0.3) is 5.91 Å². The first-order chi connectivity index (χ1) is 14.2. The molecule has 8 nitrogen and oxygen atoms in total. The van der Waals surface area contributed by atoms with E-state index in [0.29, 0.717) is 29.1 Å². The van der Waals surface area contributed by atoms with Crippen LogP contribution in [0.4, 0.5) is 5.69 Å². The summed E-state index contributed by atoms with van der Waals surface area (Å²) in [5.41, 5.74) is 0.916. The van der Waals surface area contributed by atoms with Gasteiger partial charge in [0.2, 0.25) is 5.88 Å². The normalized spacial score (nSPS) is 13.2. The van der Waals surface area contributed by atoms with Gasteiger partial charge >= 0.3 is 0 Å². The largest absolute Gasteiger partial charge is 0.439 e. The fourth-order valence-corrected chi connectivity index (χ4v) is 2.89. The molecule has 1 fully saturated rings. The van der Waals surface area contributed by atoms with Crippen molar-refractivity contribution in [3.63, 3.8) is 0 Å². The number of ether oxygens (including phenoxy) is 1. The lowest BCUT2D eigenvalue weighted by molar-refractivity contribution is 0.101. The number of hydrogen-bond acceptors (Lipinski definition) is 6. The molecule has 5 rings (SSSR count). The van der Waals surface area contributed by atoms with Crippen LogP contribution in [0.1, 0.15) is 35.0 Å². The number of benzene rings is 1. The Labute approximate surface area is 166 Å². The van der Waals surface area contributed by atoms with Gasteiger partial charge in [-0.1, -0.05) is 5.16 Å². The molecule has 4 aromatic rings. The Morgan fingerprint density at radius 1 is 1.10 bits per heavy atom. The zero-order chi connectivity index (χ0) is 19.6. The second-order valence-electron chi connectivity index (χ2n) is 6.77. The molecule has 0 spiro atoms. The van der Waals surface area contributed by atoms with Gasteiger partial charge in [0.15, 0.2) is 5.69 Å². The molecule has 3 aromatic heterocycles. The average Bonchev–Trinajstić information content (AvgIpc) is 3.24. The van der Waals surface area contributed by atoms with Crippen LogP contribution in [0.15, 0.2) is 71.8 Å². The predicted octanol–water partition coefficient (Wildman–Crippen LogP) is 4.18. The van der Waals surface area contributed by atoms with E-state index in [1.165, 1.54) is 6.33 Å². The van der Waals surface area contributed by atoms with Crippen molar-refractivity contribution in [1.29, 1.82) is 0 Å². The maximum Gasteiger partial charge on any atom is 0.277 e. The molecule has 1 aromatic carbocycles. The van der Waals surface area contributed by atoms with E-state index in [1.54, 1.807) is 36.4 Å². The molecular weight excluding hydrogens is 370 g/mol. The lowest BCUT2D eigenvalue weighted by atomic mass is 10.2. The third-order valence-electron chi connectivity index (χ3n) is 4.57. The van der Waals surface area contributed by atoms with Crippen LogP contribution < -0.4 is 10.1 Å². The third kappa shape index (κ3) is 3.86. The van der Waals surface area contributed by atoms with Gasteiger partial charge in [-0.25, -0.2) is 9.97 Å². The molecular formula is C21H17N5O3. The molecule has 1 amide bonds. The third-order valence-corrected chi connectivity index (χ3v) is 4.57. The van der Waals surface area contributed by atoms with E-state index < -0.39 is 0 Å². The SMILES string of the molecule is O=C(Nc1ccc(Oc2cc(-n3cccc3)ncn2)cc1)c1cc(C2CC2)on1. The van der Waals surface area contributed by atoms with Gasteiger partial charge in [0.05, 0.1) is 0 Å². The monoisotopic (exact) mass is 387 g/mol. The highest BCUT2D eigenvalue weighted by Gasteiger charge is 2.28. The van der Waals surface area contributed by atoms with Crippen LogP contribution in [0.2, 0.25) is 0 Å². The number of nitrogens with zero attached hydrogens (tertiary/aromatic N) is 4. The Kier molecular flexibility index (Phi) is 4.28. The molecule has 8 heteroatoms. The Morgan fingerprint density at radius 2 is 1.90 bits per heavy atom. The first-order valence-electron chi connectivity index (χ1n) is 9.26. The number of anilines is 1. The minimum Gasteiger partial charge on any atom is -0.439 e. The van der Waals surface area contributed by atoms with Gasteiger partial charge in [-0.3, -0.25) is 4.79 Å². The number of amides is 1. The molecule has 144 valence electrons. The molecule has 29 heavy (non-hydrogen) atoms. The van der Waals surface area contributed by atoms with E-state index in [9.17, 15) is 4.79 Å². The summed E-state index contributed by atoms with van der Waals surface area (Å²) < 4.78 is 12.9. The summed E-state index contributed by atoms with van der Waals surface area (Å²) in [6.45, 7) is 0. The minimum absolute atomic E-state index is 0.283. The Hall–Kier alpha value is -3.94. The van der Waals surface area contributed by atoms with Crippen molar-refractivity contribution in [2.45, 2.75) is 18.8 Å². The highest BCUT2D eigenvalue weighted by atomic mass is 16.5. The fraction of sp³-hybridized carbons (Fsp3) is 0.143. The van der Waals surface area contributed by atoms with Crippen molar-refractivity contribution in [3.8, 4) is 17.4 Å². The molecule has 1 N–H and O–H groups in total. The maximum atomic E-state index is 12.3. The topological polar surface area (TPSA) is 95.1 Å². The van der Waals surface area contributed by atoms with Crippen LogP contribution >= 0.6 is 0 Å². The summed E-state index contributed by atoms with van der Waals surface area (Å²) in [6, 6.07) is 14.3. The predicted molar refractivity (Wildman–Crippen MR) is 104 cm³/mol. The van der Waals surface area contributed by atoms with Crippen molar-refractivity contribution in [2.24, 2.45) is 0 Å². The molecule has 3 heterocycles. The summed E-state index contributed by atoms with van der Waals surface area (Å²) in [7, 11) is 0. The quantitative estimate of drug-likeness (QED) is 0.533. The summed E-state index contributed by atoms with van der Waals surface area (Å²) in [5.74, 6) is 2.63. The first kappa shape index (κ1) is 17.2. The van der Waals surface area contributed by atoms with E-state index in [0.717, 1.165) is 18.6 Å². The van der Waals surface area contributed by atoms with Crippen LogP contribution in [0.3, 0.4) is 0 Å². The van der Waals surface area contributed by atoms with Crippen molar-refractivity contribution in [2.75, 3.05) is 5.32 Å². The Balaban J connectivity index is 1.24. The van der Waals surface area contributed by atoms with Crippen LogP contribution in [0.5, 0.6) is 11.6 Å². The lowest BCUT2D eigenvalue weighted by Crippen LogP contribution is -2.12. The van der Waals surface area contributed by atoms with E-state index in [-0.39, 0.29) is 11.6 Å². The van der Waals surface area contributed by atoms with Gasteiger partial charge in [0, 0.05) is 36.1 Å². The van der Waals surface area contributed by atoms with Crippen molar-refractivity contribution < 1.29 is 14.1 Å². The molecule has 1 aliphatic carbocycles. The Bertz CT molecular complexity index is 1130. The zero-order valence-corrected chi connectivity index (χ0v) is 15.4. The second-order valence-corrected chi connectivity index (χ2v) is 6.77. The highest BCUT2D eigenvalue weighted by molar-refractivity contribution is 6.02. The lowest BCUT2D eigenvalue weighted by Gasteiger charge is -2.08. The van der Waals surface area contributed by atoms with Crippen molar-refractivity contribution in [3.05, 3.63) is 78.7 Å². The maximum absolute atomic E-state index is 12.3. The number of carbonyl (C=O) groups is 1. The molecule has 0 saturated heterocycles. The highest BCUT2D eigenvalue weighted by Crippen LogP contribution is 2.40. The molecule has 0 unspecified atom stereocenters. The van der Waals surface area contributed by atoms with Crippen LogP contribution in [-0.4, -0.2) is 25.6 Å². The molecule has 0 bridgehead atoms. The number of carbonyl (C=O) groups excluding carboxylic acids is 1. The number of aromatic nitrogens is 4. The standard InChI is InChI=1S/C21H17N5O3/c27-21(17-11-18(29-25-17)14-3-4-14)24-15-5-7-16(8-6-15)28-20-12-19(22-13-23-20)26-9-1-2-10-26/h1-2,5-14H,3-4H2,(H,24,27). The molecule has 0 radical (unpaired) electrons. The van der Waals surface area contributed by atoms with Gasteiger partial charge in [-0.05, 0) is 49.2 Å². The fourth-order valence-electron chi connectivity index (χ4n) is 2.89. The van der Waals surface area contributed by atoms with E-state index in [2.05, 4.69) is 20.4 Å². The average molecular weight is 387 g/mol. The molecule has 1 aliphatic rings. The van der Waals surface area contributed by atoms with Gasteiger partial charge in [-0.2, -0.15) is 0 Å². The Morgan fingerprint density at radius 3 is 2.66 bits per heavy atom. The van der Waals surface area contributed by atoms with Gasteiger partial charge < -0.3 is 19.1 Å². The number of rotatable bonds is 6. The first-order valence-corrected chi connectivity index (χ1v) is 9.26. The number of nitrogens with one attached hydrogen (secondary N) is 1. The van der Waals surface area contributed by atoms with Gasteiger partial charge in [0.1, 0.15) is 23.7 Å². The van der Waals surface area contributed by atoms with Crippen molar-refractivity contribution >= 4 is 11.6 Å². The summed E-state index contributed by atoms with van der Waals surface area (Å²) in [6.07, 6.45) is 7.43. The second kappa shape index (κ2) is 7.23.